The van der Waals surface area contributed by atoms with E-state index in [2.05, 4.69) is 15.3 Å². The number of benzene rings is 2. The van der Waals surface area contributed by atoms with Gasteiger partial charge < -0.3 is 5.32 Å². The molecular formula is C23H18F5N3O3S. The highest BCUT2D eigenvalue weighted by molar-refractivity contribution is 7.91. The molecule has 12 heteroatoms. The van der Waals surface area contributed by atoms with Gasteiger partial charge in [0.2, 0.25) is 21.6 Å². The van der Waals surface area contributed by atoms with Crippen LogP contribution in [0.15, 0.2) is 59.8 Å². The van der Waals surface area contributed by atoms with Gasteiger partial charge in [-0.2, -0.15) is 13.2 Å². The first-order chi connectivity index (χ1) is 16.5. The van der Waals surface area contributed by atoms with Crippen LogP contribution in [-0.4, -0.2) is 24.3 Å². The molecule has 1 amide bonds. The van der Waals surface area contributed by atoms with Crippen LogP contribution < -0.4 is 5.32 Å². The molecule has 1 aromatic heterocycles. The SMILES string of the molecule is O=C(NC(c1ccc(F)c(-c2cnc(C(F)(F)F)nc2)c1)S(=O)(=O)c1ccc(F)cc1)C1CCC1. The fourth-order valence-corrected chi connectivity index (χ4v) is 5.12. The highest BCUT2D eigenvalue weighted by Crippen LogP contribution is 2.34. The van der Waals surface area contributed by atoms with Gasteiger partial charge >= 0.3 is 6.18 Å². The van der Waals surface area contributed by atoms with Crippen LogP contribution >= 0.6 is 0 Å². The number of hydrogen-bond acceptors (Lipinski definition) is 5. The lowest BCUT2D eigenvalue weighted by molar-refractivity contribution is -0.145. The number of carbonyl (C=O) groups excluding carboxylic acids is 1. The Morgan fingerprint density at radius 2 is 1.63 bits per heavy atom. The Hall–Kier alpha value is -3.41. The van der Waals surface area contributed by atoms with Crippen LogP contribution in [0.4, 0.5) is 22.0 Å². The van der Waals surface area contributed by atoms with Crippen LogP contribution in [0.25, 0.3) is 11.1 Å². The highest BCUT2D eigenvalue weighted by Gasteiger charge is 2.36. The maximum Gasteiger partial charge on any atom is 0.451 e. The van der Waals surface area contributed by atoms with Crippen LogP contribution in [0.1, 0.15) is 36.0 Å². The first-order valence-electron chi connectivity index (χ1n) is 10.5. The predicted octanol–water partition coefficient (Wildman–Crippen LogP) is 4.83. The number of amides is 1. The van der Waals surface area contributed by atoms with Crippen molar-refractivity contribution in [1.29, 1.82) is 0 Å². The van der Waals surface area contributed by atoms with E-state index in [9.17, 15) is 35.2 Å². The molecule has 0 aliphatic heterocycles. The third-order valence-corrected chi connectivity index (χ3v) is 7.65. The smallest absolute Gasteiger partial charge is 0.335 e. The number of halogens is 5. The van der Waals surface area contributed by atoms with Crippen molar-refractivity contribution >= 4 is 15.7 Å². The number of sulfone groups is 1. The number of alkyl halides is 3. The average molecular weight is 511 g/mol. The van der Waals surface area contributed by atoms with E-state index in [4.69, 9.17) is 0 Å². The Labute approximate surface area is 197 Å². The summed E-state index contributed by atoms with van der Waals surface area (Å²) in [7, 11) is -4.32. The van der Waals surface area contributed by atoms with Gasteiger partial charge in [0, 0.05) is 29.4 Å². The molecule has 2 aromatic carbocycles. The van der Waals surface area contributed by atoms with Gasteiger partial charge in [-0.25, -0.2) is 27.2 Å². The maximum absolute atomic E-state index is 14.6. The molecule has 1 heterocycles. The Bertz CT molecular complexity index is 1340. The first kappa shape index (κ1) is 24.7. The van der Waals surface area contributed by atoms with E-state index < -0.39 is 44.8 Å². The molecule has 1 atom stereocenters. The van der Waals surface area contributed by atoms with Crippen molar-refractivity contribution in [2.75, 3.05) is 0 Å². The number of nitrogens with zero attached hydrogens (tertiary/aromatic N) is 2. The topological polar surface area (TPSA) is 89.0 Å². The van der Waals surface area contributed by atoms with Crippen LogP contribution in [0.3, 0.4) is 0 Å². The molecule has 1 fully saturated rings. The van der Waals surface area contributed by atoms with Crippen molar-refractivity contribution in [2.45, 2.75) is 35.7 Å². The summed E-state index contributed by atoms with van der Waals surface area (Å²) in [5.41, 5.74) is -0.424. The molecule has 1 aliphatic carbocycles. The first-order valence-corrected chi connectivity index (χ1v) is 12.0. The van der Waals surface area contributed by atoms with E-state index in [-0.39, 0.29) is 27.5 Å². The fourth-order valence-electron chi connectivity index (χ4n) is 3.56. The Balaban J connectivity index is 1.77. The van der Waals surface area contributed by atoms with E-state index in [0.717, 1.165) is 61.3 Å². The molecule has 1 aliphatic rings. The van der Waals surface area contributed by atoms with Gasteiger partial charge in [-0.05, 0) is 54.8 Å². The molecule has 0 spiro atoms. The van der Waals surface area contributed by atoms with Crippen molar-refractivity contribution in [3.8, 4) is 11.1 Å². The second-order valence-corrected chi connectivity index (χ2v) is 10.1. The average Bonchev–Trinajstić information content (AvgIpc) is 2.76. The third kappa shape index (κ3) is 5.16. The number of nitrogens with one attached hydrogen (secondary N) is 1. The summed E-state index contributed by atoms with van der Waals surface area (Å²) in [6.07, 6.45) is -1.25. The lowest BCUT2D eigenvalue weighted by Crippen LogP contribution is -2.40. The van der Waals surface area contributed by atoms with Crippen LogP contribution in [0.2, 0.25) is 0 Å². The van der Waals surface area contributed by atoms with Crippen molar-refractivity contribution in [3.05, 3.63) is 77.9 Å². The zero-order chi connectivity index (χ0) is 25.4. The predicted molar refractivity (Wildman–Crippen MR) is 114 cm³/mol. The van der Waals surface area contributed by atoms with Gasteiger partial charge in [0.25, 0.3) is 0 Å². The van der Waals surface area contributed by atoms with Gasteiger partial charge in [-0.3, -0.25) is 4.79 Å². The summed E-state index contributed by atoms with van der Waals surface area (Å²) >= 11 is 0. The van der Waals surface area contributed by atoms with Gasteiger partial charge in [-0.1, -0.05) is 12.5 Å². The summed E-state index contributed by atoms with van der Waals surface area (Å²) in [6.45, 7) is 0. The Morgan fingerprint density at radius 1 is 1.00 bits per heavy atom. The van der Waals surface area contributed by atoms with Crippen LogP contribution in [-0.2, 0) is 20.8 Å². The second-order valence-electron chi connectivity index (χ2n) is 8.05. The van der Waals surface area contributed by atoms with Gasteiger partial charge in [-0.15, -0.1) is 0 Å². The zero-order valence-corrected chi connectivity index (χ0v) is 18.7. The molecule has 1 N–H and O–H groups in total. The molecular weight excluding hydrogens is 493 g/mol. The molecule has 0 radical (unpaired) electrons. The summed E-state index contributed by atoms with van der Waals surface area (Å²) in [6, 6.07) is 7.18. The molecule has 1 saturated carbocycles. The monoisotopic (exact) mass is 511 g/mol. The zero-order valence-electron chi connectivity index (χ0n) is 17.9. The van der Waals surface area contributed by atoms with Gasteiger partial charge in [0.05, 0.1) is 4.90 Å². The number of aromatic nitrogens is 2. The third-order valence-electron chi connectivity index (χ3n) is 5.71. The van der Waals surface area contributed by atoms with Crippen molar-refractivity contribution in [3.63, 3.8) is 0 Å². The number of hydrogen-bond donors (Lipinski definition) is 1. The molecule has 0 bridgehead atoms. The number of carbonyl (C=O) groups is 1. The van der Waals surface area contributed by atoms with Gasteiger partial charge in [0.1, 0.15) is 11.6 Å². The Kier molecular flexibility index (Phi) is 6.58. The Morgan fingerprint density at radius 3 is 2.17 bits per heavy atom. The van der Waals surface area contributed by atoms with E-state index in [1.165, 1.54) is 0 Å². The molecule has 0 saturated heterocycles. The normalized spacial score (nSPS) is 15.3. The lowest BCUT2D eigenvalue weighted by Gasteiger charge is -2.28. The van der Waals surface area contributed by atoms with Crippen molar-refractivity contribution in [1.82, 2.24) is 15.3 Å². The fraction of sp³-hybridized carbons (Fsp3) is 0.261. The summed E-state index contributed by atoms with van der Waals surface area (Å²) < 4.78 is 93.2. The lowest BCUT2D eigenvalue weighted by atomic mass is 9.85. The summed E-state index contributed by atoms with van der Waals surface area (Å²) in [5.74, 6) is -3.81. The number of rotatable bonds is 6. The molecule has 35 heavy (non-hydrogen) atoms. The molecule has 184 valence electrons. The summed E-state index contributed by atoms with van der Waals surface area (Å²) in [5, 5.41) is 0.836. The molecule has 4 rings (SSSR count). The quantitative estimate of drug-likeness (QED) is 0.378. The molecule has 1 unspecified atom stereocenters. The molecule has 6 nitrogen and oxygen atoms in total. The maximum atomic E-state index is 14.6. The largest absolute Gasteiger partial charge is 0.451 e. The minimum Gasteiger partial charge on any atom is -0.335 e. The van der Waals surface area contributed by atoms with Crippen molar-refractivity contribution < 1.29 is 35.2 Å². The van der Waals surface area contributed by atoms with E-state index in [1.54, 1.807) is 0 Å². The van der Waals surface area contributed by atoms with E-state index >= 15 is 0 Å². The van der Waals surface area contributed by atoms with E-state index in [0.29, 0.717) is 12.8 Å². The second kappa shape index (κ2) is 9.33. The standard InChI is InChI=1S/C23H18F5N3O3S/c24-16-5-7-17(8-6-16)35(33,34)21(31-20(32)13-2-1-3-13)14-4-9-19(25)18(10-14)15-11-29-22(30-12-15)23(26,27)28/h4-13,21H,1-3H2,(H,31,32). The highest BCUT2D eigenvalue weighted by atomic mass is 32.2. The van der Waals surface area contributed by atoms with E-state index in [1.807, 2.05) is 0 Å². The summed E-state index contributed by atoms with van der Waals surface area (Å²) in [4.78, 5) is 18.8. The van der Waals surface area contributed by atoms with Crippen molar-refractivity contribution in [2.24, 2.45) is 5.92 Å². The van der Waals surface area contributed by atoms with Crippen LogP contribution in [0, 0.1) is 17.6 Å². The van der Waals surface area contributed by atoms with Crippen LogP contribution in [0.5, 0.6) is 0 Å². The minimum atomic E-state index is -4.79. The molecule has 3 aromatic rings. The van der Waals surface area contributed by atoms with Gasteiger partial charge in [0.15, 0.2) is 5.37 Å². The minimum absolute atomic E-state index is 0.0432.